The summed E-state index contributed by atoms with van der Waals surface area (Å²) in [6, 6.07) is 0.302. The molecule has 1 heterocycles. The Morgan fingerprint density at radius 2 is 2.17 bits per heavy atom. The Kier molecular flexibility index (Phi) is 4.12. The lowest BCUT2D eigenvalue weighted by Gasteiger charge is -2.28. The number of nitrogens with zero attached hydrogens (tertiary/aromatic N) is 2. The van der Waals surface area contributed by atoms with Crippen LogP contribution in [0.1, 0.15) is 38.5 Å². The first-order chi connectivity index (χ1) is 8.72. The molecule has 0 unspecified atom stereocenters. The molecule has 0 bridgehead atoms. The lowest BCUT2D eigenvalue weighted by molar-refractivity contribution is -0.126. The minimum atomic E-state index is -0.123. The SMILES string of the molecule is C=CCN(C(=O)C1=NNC(=O)CC1)C1CCCC1. The molecule has 0 atom stereocenters. The van der Waals surface area contributed by atoms with Crippen LogP contribution in [0.5, 0.6) is 0 Å². The summed E-state index contributed by atoms with van der Waals surface area (Å²) in [5, 5.41) is 3.88. The van der Waals surface area contributed by atoms with E-state index >= 15 is 0 Å². The average Bonchev–Trinajstić information content (AvgIpc) is 2.90. The second-order valence-electron chi connectivity index (χ2n) is 4.78. The van der Waals surface area contributed by atoms with Crippen molar-refractivity contribution in [2.45, 2.75) is 44.6 Å². The van der Waals surface area contributed by atoms with Gasteiger partial charge in [0.1, 0.15) is 5.71 Å². The predicted octanol–water partition coefficient (Wildman–Crippen LogP) is 1.21. The van der Waals surface area contributed by atoms with Crippen molar-refractivity contribution < 1.29 is 9.59 Å². The molecule has 2 rings (SSSR count). The first kappa shape index (κ1) is 12.8. The third kappa shape index (κ3) is 2.78. The highest BCUT2D eigenvalue weighted by molar-refractivity contribution is 6.39. The Bertz CT molecular complexity index is 384. The van der Waals surface area contributed by atoms with Crippen LogP contribution in [0.25, 0.3) is 0 Å². The number of carbonyl (C=O) groups is 2. The van der Waals surface area contributed by atoms with E-state index in [4.69, 9.17) is 0 Å². The summed E-state index contributed by atoms with van der Waals surface area (Å²) in [6.07, 6.45) is 6.99. The van der Waals surface area contributed by atoms with Crippen LogP contribution in [-0.4, -0.2) is 35.0 Å². The standard InChI is InChI=1S/C13H19N3O2/c1-2-9-16(10-5-3-4-6-10)13(18)11-7-8-12(17)15-14-11/h2,10H,1,3-9H2,(H,15,17). The first-order valence-corrected chi connectivity index (χ1v) is 6.49. The van der Waals surface area contributed by atoms with Gasteiger partial charge in [-0.05, 0) is 12.8 Å². The van der Waals surface area contributed by atoms with E-state index in [1.807, 2.05) is 4.90 Å². The van der Waals surface area contributed by atoms with Gasteiger partial charge in [0.2, 0.25) is 5.91 Å². The van der Waals surface area contributed by atoms with Crippen LogP contribution in [0.15, 0.2) is 17.8 Å². The molecule has 1 fully saturated rings. The molecule has 1 aliphatic heterocycles. The van der Waals surface area contributed by atoms with E-state index in [9.17, 15) is 9.59 Å². The Labute approximate surface area is 107 Å². The maximum absolute atomic E-state index is 12.4. The fourth-order valence-electron chi connectivity index (χ4n) is 2.55. The molecule has 5 heteroatoms. The molecule has 5 nitrogen and oxygen atoms in total. The fourth-order valence-corrected chi connectivity index (χ4v) is 2.55. The van der Waals surface area contributed by atoms with E-state index in [0.29, 0.717) is 31.1 Å². The summed E-state index contributed by atoms with van der Waals surface area (Å²) in [5.74, 6) is -0.176. The molecular formula is C13H19N3O2. The van der Waals surface area contributed by atoms with Crippen LogP contribution in [-0.2, 0) is 9.59 Å². The van der Waals surface area contributed by atoms with Crippen LogP contribution in [0.3, 0.4) is 0 Å². The summed E-state index contributed by atoms with van der Waals surface area (Å²) in [7, 11) is 0. The van der Waals surface area contributed by atoms with Gasteiger partial charge in [0.25, 0.3) is 5.91 Å². The van der Waals surface area contributed by atoms with Gasteiger partial charge in [-0.2, -0.15) is 5.10 Å². The summed E-state index contributed by atoms with van der Waals surface area (Å²) in [4.78, 5) is 25.2. The maximum atomic E-state index is 12.4. The summed E-state index contributed by atoms with van der Waals surface area (Å²) >= 11 is 0. The van der Waals surface area contributed by atoms with E-state index in [-0.39, 0.29) is 11.8 Å². The molecule has 0 aromatic rings. The van der Waals surface area contributed by atoms with Gasteiger partial charge in [-0.25, -0.2) is 5.43 Å². The van der Waals surface area contributed by atoms with Gasteiger partial charge in [-0.15, -0.1) is 6.58 Å². The van der Waals surface area contributed by atoms with E-state index < -0.39 is 0 Å². The normalized spacial score (nSPS) is 20.2. The van der Waals surface area contributed by atoms with Crippen molar-refractivity contribution in [1.29, 1.82) is 0 Å². The number of carbonyl (C=O) groups excluding carboxylic acids is 2. The molecule has 98 valence electrons. The molecule has 1 aliphatic carbocycles. The van der Waals surface area contributed by atoms with Gasteiger partial charge in [0.05, 0.1) is 0 Å². The largest absolute Gasteiger partial charge is 0.331 e. The van der Waals surface area contributed by atoms with Crippen molar-refractivity contribution in [2.75, 3.05) is 6.54 Å². The highest BCUT2D eigenvalue weighted by Crippen LogP contribution is 2.24. The average molecular weight is 249 g/mol. The van der Waals surface area contributed by atoms with E-state index in [1.165, 1.54) is 12.8 Å². The molecule has 0 saturated heterocycles. The number of hydrogen-bond acceptors (Lipinski definition) is 3. The van der Waals surface area contributed by atoms with Gasteiger partial charge in [-0.3, -0.25) is 9.59 Å². The smallest absolute Gasteiger partial charge is 0.270 e. The third-order valence-corrected chi connectivity index (χ3v) is 3.50. The van der Waals surface area contributed by atoms with Crippen molar-refractivity contribution in [2.24, 2.45) is 5.10 Å². The van der Waals surface area contributed by atoms with Crippen molar-refractivity contribution in [3.8, 4) is 0 Å². The van der Waals surface area contributed by atoms with Gasteiger partial charge >= 0.3 is 0 Å². The van der Waals surface area contributed by atoms with E-state index in [2.05, 4.69) is 17.1 Å². The van der Waals surface area contributed by atoms with Crippen LogP contribution >= 0.6 is 0 Å². The molecule has 1 N–H and O–H groups in total. The molecule has 0 radical (unpaired) electrons. The molecule has 2 aliphatic rings. The van der Waals surface area contributed by atoms with Crippen LogP contribution < -0.4 is 5.43 Å². The first-order valence-electron chi connectivity index (χ1n) is 6.49. The molecule has 0 aromatic heterocycles. The molecule has 1 saturated carbocycles. The zero-order valence-corrected chi connectivity index (χ0v) is 10.5. The van der Waals surface area contributed by atoms with Crippen molar-refractivity contribution in [3.05, 3.63) is 12.7 Å². The summed E-state index contributed by atoms with van der Waals surface area (Å²) in [6.45, 7) is 4.26. The minimum Gasteiger partial charge on any atom is -0.331 e. The highest BCUT2D eigenvalue weighted by Gasteiger charge is 2.29. The van der Waals surface area contributed by atoms with Gasteiger partial charge in [0, 0.05) is 25.4 Å². The second-order valence-corrected chi connectivity index (χ2v) is 4.78. The molecule has 2 amide bonds. The number of rotatable bonds is 4. The number of hydrogen-bond donors (Lipinski definition) is 1. The second kappa shape index (κ2) is 5.80. The molecule has 0 aromatic carbocycles. The van der Waals surface area contributed by atoms with Gasteiger partial charge in [-0.1, -0.05) is 18.9 Å². The van der Waals surface area contributed by atoms with Crippen LogP contribution in [0.4, 0.5) is 0 Å². The molecule has 18 heavy (non-hydrogen) atoms. The number of nitrogens with one attached hydrogen (secondary N) is 1. The van der Waals surface area contributed by atoms with Crippen molar-refractivity contribution in [3.63, 3.8) is 0 Å². The molecular weight excluding hydrogens is 230 g/mol. The topological polar surface area (TPSA) is 61.8 Å². The maximum Gasteiger partial charge on any atom is 0.270 e. The Morgan fingerprint density at radius 3 is 2.72 bits per heavy atom. The van der Waals surface area contributed by atoms with Crippen molar-refractivity contribution in [1.82, 2.24) is 10.3 Å². The van der Waals surface area contributed by atoms with Crippen molar-refractivity contribution >= 4 is 17.5 Å². The Balaban J connectivity index is 2.07. The zero-order valence-electron chi connectivity index (χ0n) is 10.5. The van der Waals surface area contributed by atoms with Crippen LogP contribution in [0, 0.1) is 0 Å². The number of hydrazone groups is 1. The Morgan fingerprint density at radius 1 is 1.44 bits per heavy atom. The zero-order chi connectivity index (χ0) is 13.0. The monoisotopic (exact) mass is 249 g/mol. The van der Waals surface area contributed by atoms with E-state index in [0.717, 1.165) is 12.8 Å². The summed E-state index contributed by atoms with van der Waals surface area (Å²) in [5.41, 5.74) is 2.84. The summed E-state index contributed by atoms with van der Waals surface area (Å²) < 4.78 is 0. The minimum absolute atomic E-state index is 0.0539. The predicted molar refractivity (Wildman–Crippen MR) is 69.0 cm³/mol. The lowest BCUT2D eigenvalue weighted by atomic mass is 10.1. The quantitative estimate of drug-likeness (QED) is 0.761. The van der Waals surface area contributed by atoms with Gasteiger partial charge < -0.3 is 4.90 Å². The van der Waals surface area contributed by atoms with Gasteiger partial charge in [0.15, 0.2) is 0 Å². The fraction of sp³-hybridized carbons (Fsp3) is 0.615. The van der Waals surface area contributed by atoms with E-state index in [1.54, 1.807) is 6.08 Å². The third-order valence-electron chi connectivity index (χ3n) is 3.50. The molecule has 0 spiro atoms. The van der Waals surface area contributed by atoms with Crippen LogP contribution in [0.2, 0.25) is 0 Å². The Hall–Kier alpha value is -1.65. The number of amides is 2. The lowest BCUT2D eigenvalue weighted by Crippen LogP contribution is -2.44. The highest BCUT2D eigenvalue weighted by atomic mass is 16.2.